The zero-order chi connectivity index (χ0) is 15.2. The van der Waals surface area contributed by atoms with Crippen molar-refractivity contribution in [3.05, 3.63) is 57.5 Å². The Balaban J connectivity index is 1.94. The summed E-state index contributed by atoms with van der Waals surface area (Å²) < 4.78 is 0.890. The molecule has 0 bridgehead atoms. The average Bonchev–Trinajstić information content (AvgIpc) is 2.50. The van der Waals surface area contributed by atoms with Crippen molar-refractivity contribution in [1.82, 2.24) is 0 Å². The summed E-state index contributed by atoms with van der Waals surface area (Å²) >= 11 is 9.38. The van der Waals surface area contributed by atoms with E-state index in [1.54, 1.807) is 0 Å². The van der Waals surface area contributed by atoms with Crippen LogP contribution in [0.1, 0.15) is 18.9 Å². The number of halogens is 2. The number of benzene rings is 2. The van der Waals surface area contributed by atoms with Crippen LogP contribution >= 0.6 is 27.5 Å². The van der Waals surface area contributed by atoms with Crippen LogP contribution in [0.5, 0.6) is 0 Å². The van der Waals surface area contributed by atoms with Crippen molar-refractivity contribution in [2.75, 3.05) is 10.6 Å². The maximum atomic E-state index is 11.3. The largest absolute Gasteiger partial charge is 0.381 e. The van der Waals surface area contributed by atoms with Crippen molar-refractivity contribution in [2.24, 2.45) is 0 Å². The van der Waals surface area contributed by atoms with Crippen LogP contribution < -0.4 is 10.6 Å². The summed E-state index contributed by atoms with van der Waals surface area (Å²) in [7, 11) is 0. The van der Waals surface area contributed by atoms with Gasteiger partial charge in [-0.25, -0.2) is 0 Å². The number of carbonyl (C=O) groups is 1. The van der Waals surface area contributed by atoms with Gasteiger partial charge in [-0.15, -0.1) is 0 Å². The lowest BCUT2D eigenvalue weighted by Gasteiger charge is -2.09. The summed E-state index contributed by atoms with van der Waals surface area (Å²) in [6.45, 7) is 2.53. The molecule has 0 aromatic heterocycles. The normalized spacial score (nSPS) is 10.2. The van der Waals surface area contributed by atoms with E-state index in [0.717, 1.165) is 21.4 Å². The molecule has 0 aliphatic heterocycles. The second-order valence-corrected chi connectivity index (χ2v) is 5.84. The van der Waals surface area contributed by atoms with Crippen molar-refractivity contribution >= 4 is 44.8 Å². The van der Waals surface area contributed by atoms with E-state index in [1.165, 1.54) is 0 Å². The molecule has 2 N–H and O–H groups in total. The third-order valence-corrected chi connectivity index (χ3v) is 4.18. The Hall–Kier alpha value is -1.52. The zero-order valence-corrected chi connectivity index (χ0v) is 14.0. The highest BCUT2D eigenvalue weighted by Crippen LogP contribution is 2.23. The van der Waals surface area contributed by atoms with Crippen LogP contribution in [-0.2, 0) is 11.3 Å². The van der Waals surface area contributed by atoms with Gasteiger partial charge < -0.3 is 10.6 Å². The second kappa shape index (κ2) is 7.48. The van der Waals surface area contributed by atoms with Gasteiger partial charge in [0.15, 0.2) is 0 Å². The first-order chi connectivity index (χ1) is 10.1. The van der Waals surface area contributed by atoms with Crippen molar-refractivity contribution in [3.63, 3.8) is 0 Å². The Morgan fingerprint density at radius 3 is 2.43 bits per heavy atom. The summed E-state index contributed by atoms with van der Waals surface area (Å²) in [6, 6.07) is 13.5. The molecule has 2 aromatic carbocycles. The molecule has 0 radical (unpaired) electrons. The van der Waals surface area contributed by atoms with Gasteiger partial charge in [-0.05, 0) is 57.9 Å². The van der Waals surface area contributed by atoms with E-state index in [0.29, 0.717) is 18.0 Å². The number of amides is 1. The lowest BCUT2D eigenvalue weighted by Crippen LogP contribution is -2.09. The number of nitrogens with one attached hydrogen (secondary N) is 2. The molecular formula is C16H16BrClN2O. The van der Waals surface area contributed by atoms with Crippen LogP contribution in [0.3, 0.4) is 0 Å². The van der Waals surface area contributed by atoms with Crippen LogP contribution in [0.25, 0.3) is 0 Å². The van der Waals surface area contributed by atoms with Crippen LogP contribution in [0.2, 0.25) is 5.02 Å². The van der Waals surface area contributed by atoms with Gasteiger partial charge in [-0.3, -0.25) is 4.79 Å². The Labute approximate surface area is 137 Å². The van der Waals surface area contributed by atoms with Gasteiger partial charge in [0.2, 0.25) is 5.91 Å². The molecule has 0 heterocycles. The van der Waals surface area contributed by atoms with E-state index in [9.17, 15) is 4.79 Å². The van der Waals surface area contributed by atoms with Gasteiger partial charge in [-0.1, -0.05) is 24.6 Å². The molecule has 0 atom stereocenters. The molecule has 110 valence electrons. The van der Waals surface area contributed by atoms with E-state index in [4.69, 9.17) is 11.6 Å². The summed E-state index contributed by atoms with van der Waals surface area (Å²) in [6.07, 6.45) is 0.478. The van der Waals surface area contributed by atoms with Crippen molar-refractivity contribution in [2.45, 2.75) is 19.9 Å². The number of hydrogen-bond donors (Lipinski definition) is 2. The third-order valence-electron chi connectivity index (χ3n) is 2.97. The van der Waals surface area contributed by atoms with Gasteiger partial charge in [0, 0.05) is 28.8 Å². The monoisotopic (exact) mass is 366 g/mol. The molecule has 0 saturated heterocycles. The van der Waals surface area contributed by atoms with Crippen LogP contribution in [0.4, 0.5) is 11.4 Å². The molecule has 0 spiro atoms. The highest BCUT2D eigenvalue weighted by molar-refractivity contribution is 9.10. The first-order valence-corrected chi connectivity index (χ1v) is 7.83. The standard InChI is InChI=1S/C16H16BrClN2O/c1-2-16(21)20-13-6-4-12(5-7-13)19-10-11-3-8-15(18)14(17)9-11/h3-9,19H,2,10H2,1H3,(H,20,21). The molecule has 0 unspecified atom stereocenters. The molecular weight excluding hydrogens is 352 g/mol. The fourth-order valence-electron chi connectivity index (χ4n) is 1.77. The lowest BCUT2D eigenvalue weighted by molar-refractivity contribution is -0.115. The van der Waals surface area contributed by atoms with Crippen LogP contribution in [0, 0.1) is 0 Å². The minimum atomic E-state index is 0.0155. The first kappa shape index (κ1) is 15.9. The maximum Gasteiger partial charge on any atom is 0.224 e. The smallest absolute Gasteiger partial charge is 0.224 e. The highest BCUT2D eigenvalue weighted by Gasteiger charge is 2.01. The van der Waals surface area contributed by atoms with Gasteiger partial charge in [0.05, 0.1) is 5.02 Å². The number of anilines is 2. The van der Waals surface area contributed by atoms with Crippen LogP contribution in [-0.4, -0.2) is 5.91 Å². The average molecular weight is 368 g/mol. The molecule has 0 aliphatic carbocycles. The zero-order valence-electron chi connectivity index (χ0n) is 11.6. The molecule has 2 rings (SSSR count). The van der Waals surface area contributed by atoms with Crippen molar-refractivity contribution in [3.8, 4) is 0 Å². The molecule has 0 saturated carbocycles. The number of rotatable bonds is 5. The van der Waals surface area contributed by atoms with E-state index in [-0.39, 0.29) is 5.91 Å². The van der Waals surface area contributed by atoms with Crippen LogP contribution in [0.15, 0.2) is 46.9 Å². The Morgan fingerprint density at radius 1 is 1.14 bits per heavy atom. The van der Waals surface area contributed by atoms with E-state index < -0.39 is 0 Å². The molecule has 0 fully saturated rings. The lowest BCUT2D eigenvalue weighted by atomic mass is 10.2. The van der Waals surface area contributed by atoms with E-state index in [2.05, 4.69) is 26.6 Å². The SMILES string of the molecule is CCC(=O)Nc1ccc(NCc2ccc(Cl)c(Br)c2)cc1. The van der Waals surface area contributed by atoms with Crippen molar-refractivity contribution < 1.29 is 4.79 Å². The topological polar surface area (TPSA) is 41.1 Å². The molecule has 1 amide bonds. The quantitative estimate of drug-likeness (QED) is 0.775. The summed E-state index contributed by atoms with van der Waals surface area (Å²) in [4.78, 5) is 11.3. The summed E-state index contributed by atoms with van der Waals surface area (Å²) in [5, 5.41) is 6.85. The van der Waals surface area contributed by atoms with Gasteiger partial charge in [-0.2, -0.15) is 0 Å². The Bertz CT molecular complexity index is 629. The molecule has 2 aromatic rings. The molecule has 21 heavy (non-hydrogen) atoms. The van der Waals surface area contributed by atoms with E-state index in [1.807, 2.05) is 49.4 Å². The third kappa shape index (κ3) is 4.76. The Kier molecular flexibility index (Phi) is 5.65. The van der Waals surface area contributed by atoms with Crippen molar-refractivity contribution in [1.29, 1.82) is 0 Å². The second-order valence-electron chi connectivity index (χ2n) is 4.58. The number of hydrogen-bond acceptors (Lipinski definition) is 2. The minimum Gasteiger partial charge on any atom is -0.381 e. The summed E-state index contributed by atoms with van der Waals surface area (Å²) in [5.74, 6) is 0.0155. The predicted molar refractivity (Wildman–Crippen MR) is 91.8 cm³/mol. The maximum absolute atomic E-state index is 11.3. The van der Waals surface area contributed by atoms with Gasteiger partial charge >= 0.3 is 0 Å². The van der Waals surface area contributed by atoms with Gasteiger partial charge in [0.25, 0.3) is 0 Å². The highest BCUT2D eigenvalue weighted by atomic mass is 79.9. The summed E-state index contributed by atoms with van der Waals surface area (Å²) in [5.41, 5.74) is 2.94. The molecule has 0 aliphatic rings. The first-order valence-electron chi connectivity index (χ1n) is 6.66. The van der Waals surface area contributed by atoms with Gasteiger partial charge in [0.1, 0.15) is 0 Å². The molecule has 5 heteroatoms. The number of carbonyl (C=O) groups excluding carboxylic acids is 1. The fourth-order valence-corrected chi connectivity index (χ4v) is 2.32. The minimum absolute atomic E-state index is 0.0155. The molecule has 3 nitrogen and oxygen atoms in total. The van der Waals surface area contributed by atoms with E-state index >= 15 is 0 Å². The fraction of sp³-hybridized carbons (Fsp3) is 0.188. The predicted octanol–water partition coefficient (Wildman–Crippen LogP) is 5.06. The Morgan fingerprint density at radius 2 is 1.81 bits per heavy atom.